The van der Waals surface area contributed by atoms with Crippen LogP contribution in [-0.2, 0) is 9.59 Å². The van der Waals surface area contributed by atoms with Crippen molar-refractivity contribution in [2.45, 2.75) is 26.3 Å². The van der Waals surface area contributed by atoms with E-state index in [0.29, 0.717) is 18.7 Å². The van der Waals surface area contributed by atoms with E-state index in [-0.39, 0.29) is 17.9 Å². The maximum atomic E-state index is 12.9. The number of carbonyl (C=O) groups excluding carboxylic acids is 2. The van der Waals surface area contributed by atoms with Crippen LogP contribution in [0.25, 0.3) is 0 Å². The molecule has 1 aromatic rings. The lowest BCUT2D eigenvalue weighted by Crippen LogP contribution is -2.54. The van der Waals surface area contributed by atoms with Crippen molar-refractivity contribution in [3.8, 4) is 6.07 Å². The summed E-state index contributed by atoms with van der Waals surface area (Å²) in [5, 5.41) is 8.93. The first-order chi connectivity index (χ1) is 13.6. The average molecular weight is 383 g/mol. The molecular formula is C21H29N5O2. The molecule has 1 unspecified atom stereocenters. The van der Waals surface area contributed by atoms with E-state index in [1.54, 1.807) is 12.1 Å². The highest BCUT2D eigenvalue weighted by molar-refractivity contribution is 5.99. The Morgan fingerprint density at radius 3 is 2.32 bits per heavy atom. The molecule has 2 saturated heterocycles. The second-order valence-corrected chi connectivity index (χ2v) is 7.33. The number of amides is 2. The van der Waals surface area contributed by atoms with Crippen molar-refractivity contribution < 1.29 is 9.59 Å². The zero-order valence-electron chi connectivity index (χ0n) is 16.8. The number of anilines is 1. The summed E-state index contributed by atoms with van der Waals surface area (Å²) in [4.78, 5) is 33.4. The summed E-state index contributed by atoms with van der Waals surface area (Å²) in [5.41, 5.74) is 1.46. The van der Waals surface area contributed by atoms with Crippen molar-refractivity contribution in [1.82, 2.24) is 14.7 Å². The van der Waals surface area contributed by atoms with Crippen LogP contribution in [0.3, 0.4) is 0 Å². The fourth-order valence-corrected chi connectivity index (χ4v) is 4.08. The standard InChI is InChI=1S/C21H29N5O2/c1-3-24(4-2)20(27)16-23-11-13-25(14-12-23)19-9-10-26(21(19)28)18-7-5-17(15-22)6-8-18/h5-8,19H,3-4,9-14,16H2,1-2H3. The number of nitrogens with zero attached hydrogens (tertiary/aromatic N) is 5. The number of piperazine rings is 1. The Bertz CT molecular complexity index is 730. The highest BCUT2D eigenvalue weighted by Gasteiger charge is 2.37. The molecule has 0 radical (unpaired) electrons. The molecule has 2 aliphatic rings. The van der Waals surface area contributed by atoms with E-state index in [2.05, 4.69) is 15.9 Å². The van der Waals surface area contributed by atoms with Crippen LogP contribution >= 0.6 is 0 Å². The lowest BCUT2D eigenvalue weighted by atomic mass is 10.1. The predicted molar refractivity (Wildman–Crippen MR) is 108 cm³/mol. The molecule has 0 aliphatic carbocycles. The van der Waals surface area contributed by atoms with Crippen molar-refractivity contribution in [2.75, 3.05) is 57.3 Å². The molecule has 150 valence electrons. The Balaban J connectivity index is 1.53. The molecule has 0 bridgehead atoms. The molecule has 28 heavy (non-hydrogen) atoms. The number of rotatable bonds is 6. The Kier molecular flexibility index (Phi) is 6.65. The van der Waals surface area contributed by atoms with Crippen LogP contribution in [0, 0.1) is 11.3 Å². The lowest BCUT2D eigenvalue weighted by Gasteiger charge is -2.37. The summed E-state index contributed by atoms with van der Waals surface area (Å²) >= 11 is 0. The Hall–Kier alpha value is -2.43. The normalized spacial score (nSPS) is 21.0. The van der Waals surface area contributed by atoms with Crippen LogP contribution in [0.4, 0.5) is 5.69 Å². The molecule has 7 heteroatoms. The van der Waals surface area contributed by atoms with Crippen LogP contribution in [-0.4, -0.2) is 84.9 Å². The number of benzene rings is 1. The van der Waals surface area contributed by atoms with Gasteiger partial charge in [-0.3, -0.25) is 19.4 Å². The van der Waals surface area contributed by atoms with Crippen molar-refractivity contribution in [3.05, 3.63) is 29.8 Å². The second-order valence-electron chi connectivity index (χ2n) is 7.33. The average Bonchev–Trinajstić information content (AvgIpc) is 3.11. The highest BCUT2D eigenvalue weighted by atomic mass is 16.2. The van der Waals surface area contributed by atoms with E-state index in [1.165, 1.54) is 0 Å². The van der Waals surface area contributed by atoms with Gasteiger partial charge in [-0.1, -0.05) is 0 Å². The van der Waals surface area contributed by atoms with Crippen LogP contribution in [0.2, 0.25) is 0 Å². The topological polar surface area (TPSA) is 70.9 Å². The SMILES string of the molecule is CCN(CC)C(=O)CN1CCN(C2CCN(c3ccc(C#N)cc3)C2=O)CC1. The van der Waals surface area contributed by atoms with E-state index in [9.17, 15) is 9.59 Å². The third-order valence-electron chi connectivity index (χ3n) is 5.81. The van der Waals surface area contributed by atoms with Gasteiger partial charge in [-0.25, -0.2) is 0 Å². The van der Waals surface area contributed by atoms with Gasteiger partial charge >= 0.3 is 0 Å². The fraction of sp³-hybridized carbons (Fsp3) is 0.571. The van der Waals surface area contributed by atoms with Gasteiger partial charge in [-0.2, -0.15) is 5.26 Å². The van der Waals surface area contributed by atoms with Gasteiger partial charge in [0.1, 0.15) is 0 Å². The highest BCUT2D eigenvalue weighted by Crippen LogP contribution is 2.25. The Labute approximate surface area is 167 Å². The monoisotopic (exact) mass is 383 g/mol. The molecule has 0 saturated carbocycles. The van der Waals surface area contributed by atoms with E-state index >= 15 is 0 Å². The van der Waals surface area contributed by atoms with Crippen molar-refractivity contribution in [2.24, 2.45) is 0 Å². The van der Waals surface area contributed by atoms with Crippen LogP contribution < -0.4 is 4.90 Å². The summed E-state index contributed by atoms with van der Waals surface area (Å²) in [6.07, 6.45) is 0.817. The van der Waals surface area contributed by atoms with Crippen molar-refractivity contribution in [3.63, 3.8) is 0 Å². The zero-order chi connectivity index (χ0) is 20.1. The molecule has 2 aliphatic heterocycles. The summed E-state index contributed by atoms with van der Waals surface area (Å²) in [6, 6.07) is 9.21. The summed E-state index contributed by atoms with van der Waals surface area (Å²) in [6.45, 7) is 9.92. The first-order valence-corrected chi connectivity index (χ1v) is 10.1. The Morgan fingerprint density at radius 1 is 1.11 bits per heavy atom. The zero-order valence-corrected chi connectivity index (χ0v) is 16.8. The maximum Gasteiger partial charge on any atom is 0.244 e. The van der Waals surface area contributed by atoms with Crippen molar-refractivity contribution >= 4 is 17.5 Å². The third kappa shape index (κ3) is 4.34. The minimum absolute atomic E-state index is 0.0868. The van der Waals surface area contributed by atoms with Crippen molar-refractivity contribution in [1.29, 1.82) is 5.26 Å². The number of hydrogen-bond acceptors (Lipinski definition) is 5. The Morgan fingerprint density at radius 2 is 1.75 bits per heavy atom. The molecular weight excluding hydrogens is 354 g/mol. The summed E-state index contributed by atoms with van der Waals surface area (Å²) in [5.74, 6) is 0.319. The molecule has 1 aromatic carbocycles. The molecule has 1 atom stereocenters. The third-order valence-corrected chi connectivity index (χ3v) is 5.81. The molecule has 0 spiro atoms. The van der Waals surface area contributed by atoms with Gasteiger partial charge in [0.15, 0.2) is 0 Å². The van der Waals surface area contributed by atoms with Gasteiger partial charge in [0.2, 0.25) is 11.8 Å². The summed E-state index contributed by atoms with van der Waals surface area (Å²) in [7, 11) is 0. The molecule has 2 heterocycles. The number of likely N-dealkylation sites (N-methyl/N-ethyl adjacent to an activating group) is 1. The molecule has 2 amide bonds. The number of nitriles is 1. The van der Waals surface area contributed by atoms with E-state index in [1.807, 2.05) is 35.8 Å². The minimum atomic E-state index is -0.0868. The van der Waals surface area contributed by atoms with Crippen LogP contribution in [0.15, 0.2) is 24.3 Å². The first kappa shape index (κ1) is 20.3. The minimum Gasteiger partial charge on any atom is -0.342 e. The second kappa shape index (κ2) is 9.18. The van der Waals surface area contributed by atoms with Crippen LogP contribution in [0.5, 0.6) is 0 Å². The largest absolute Gasteiger partial charge is 0.342 e. The van der Waals surface area contributed by atoms with Gasteiger partial charge in [0.25, 0.3) is 0 Å². The lowest BCUT2D eigenvalue weighted by molar-refractivity contribution is -0.133. The van der Waals surface area contributed by atoms with Gasteiger partial charge in [-0.05, 0) is 44.5 Å². The van der Waals surface area contributed by atoms with Gasteiger partial charge in [0.05, 0.1) is 24.2 Å². The van der Waals surface area contributed by atoms with E-state index in [4.69, 9.17) is 5.26 Å². The van der Waals surface area contributed by atoms with Gasteiger partial charge in [0, 0.05) is 51.5 Å². The number of hydrogen-bond donors (Lipinski definition) is 0. The molecule has 3 rings (SSSR count). The predicted octanol–water partition coefficient (Wildman–Crippen LogP) is 1.15. The van der Waals surface area contributed by atoms with Gasteiger partial charge < -0.3 is 9.80 Å². The van der Waals surface area contributed by atoms with E-state index in [0.717, 1.165) is 51.4 Å². The van der Waals surface area contributed by atoms with Crippen LogP contribution in [0.1, 0.15) is 25.8 Å². The molecule has 2 fully saturated rings. The fourth-order valence-electron chi connectivity index (χ4n) is 4.08. The molecule has 0 aromatic heterocycles. The quantitative estimate of drug-likeness (QED) is 0.737. The van der Waals surface area contributed by atoms with Gasteiger partial charge in [-0.15, -0.1) is 0 Å². The molecule has 0 N–H and O–H groups in total. The smallest absolute Gasteiger partial charge is 0.244 e. The number of carbonyl (C=O) groups is 2. The summed E-state index contributed by atoms with van der Waals surface area (Å²) < 4.78 is 0. The van der Waals surface area contributed by atoms with E-state index < -0.39 is 0 Å². The first-order valence-electron chi connectivity index (χ1n) is 10.1. The molecule has 7 nitrogen and oxygen atoms in total. The maximum absolute atomic E-state index is 12.9.